The number of anilines is 3. The first-order valence-corrected chi connectivity index (χ1v) is 13.5. The van der Waals surface area contributed by atoms with Crippen molar-refractivity contribution in [3.05, 3.63) is 96.6 Å². The number of aryl methyl sites for hydroxylation is 1. The molecule has 200 valence electrons. The Labute approximate surface area is 233 Å². The van der Waals surface area contributed by atoms with Gasteiger partial charge in [-0.15, -0.1) is 0 Å². The number of nitrogens with zero attached hydrogens (tertiary/aromatic N) is 5. The summed E-state index contributed by atoms with van der Waals surface area (Å²) in [5.41, 5.74) is 6.23. The second-order valence-corrected chi connectivity index (χ2v) is 9.91. The summed E-state index contributed by atoms with van der Waals surface area (Å²) in [5.74, 6) is 1.87. The molecule has 1 aliphatic heterocycles. The number of ether oxygens (including phenoxy) is 1. The fourth-order valence-corrected chi connectivity index (χ4v) is 5.22. The van der Waals surface area contributed by atoms with E-state index in [2.05, 4.69) is 55.2 Å². The minimum Gasteiger partial charge on any atom is -0.492 e. The van der Waals surface area contributed by atoms with Crippen LogP contribution in [-0.4, -0.2) is 59.2 Å². The number of pyridine rings is 2. The van der Waals surface area contributed by atoms with Gasteiger partial charge in [0.1, 0.15) is 24.2 Å². The van der Waals surface area contributed by atoms with Crippen molar-refractivity contribution in [2.24, 2.45) is 0 Å². The van der Waals surface area contributed by atoms with Crippen molar-refractivity contribution in [3.63, 3.8) is 0 Å². The van der Waals surface area contributed by atoms with Gasteiger partial charge in [0.25, 0.3) is 0 Å². The van der Waals surface area contributed by atoms with Crippen molar-refractivity contribution in [3.8, 4) is 22.9 Å². The number of rotatable bonds is 8. The van der Waals surface area contributed by atoms with Gasteiger partial charge in [0, 0.05) is 79.7 Å². The van der Waals surface area contributed by atoms with E-state index >= 15 is 0 Å². The molecule has 4 heterocycles. The molecule has 3 aromatic heterocycles. The van der Waals surface area contributed by atoms with Crippen LogP contribution in [0, 0.1) is 18.3 Å². The van der Waals surface area contributed by atoms with E-state index < -0.39 is 0 Å². The summed E-state index contributed by atoms with van der Waals surface area (Å²) in [6, 6.07) is 22.5. The number of aromatic nitrogens is 3. The summed E-state index contributed by atoms with van der Waals surface area (Å²) in [6.45, 7) is 7.51. The van der Waals surface area contributed by atoms with Crippen LogP contribution in [0.3, 0.4) is 0 Å². The molecular weight excluding hydrogens is 498 g/mol. The van der Waals surface area contributed by atoms with Gasteiger partial charge in [-0.3, -0.25) is 9.88 Å². The topological polar surface area (TPSA) is 93.1 Å². The fourth-order valence-electron chi connectivity index (χ4n) is 5.22. The zero-order chi connectivity index (χ0) is 27.3. The van der Waals surface area contributed by atoms with Crippen molar-refractivity contribution in [2.75, 3.05) is 49.5 Å². The van der Waals surface area contributed by atoms with Gasteiger partial charge < -0.3 is 19.9 Å². The summed E-state index contributed by atoms with van der Waals surface area (Å²) in [4.78, 5) is 16.8. The number of nitrogens with one attached hydrogen (secondary N) is 2. The number of hydrogen-bond acceptors (Lipinski definition) is 7. The van der Waals surface area contributed by atoms with Crippen LogP contribution in [0.5, 0.6) is 5.75 Å². The highest BCUT2D eigenvalue weighted by Gasteiger charge is 2.18. The first kappa shape index (κ1) is 25.4. The largest absolute Gasteiger partial charge is 0.492 e. The van der Waals surface area contributed by atoms with E-state index in [0.29, 0.717) is 12.2 Å². The van der Waals surface area contributed by atoms with Gasteiger partial charge in [0.15, 0.2) is 0 Å². The second kappa shape index (κ2) is 11.5. The lowest BCUT2D eigenvalue weighted by Crippen LogP contribution is -2.47. The summed E-state index contributed by atoms with van der Waals surface area (Å²) in [7, 11) is 0. The number of nitriles is 1. The van der Waals surface area contributed by atoms with Gasteiger partial charge in [0.2, 0.25) is 0 Å². The van der Waals surface area contributed by atoms with Crippen molar-refractivity contribution < 1.29 is 4.74 Å². The molecular formula is C32H31N7O. The van der Waals surface area contributed by atoms with E-state index in [1.54, 1.807) is 12.4 Å². The summed E-state index contributed by atoms with van der Waals surface area (Å²) in [5, 5.41) is 14.5. The summed E-state index contributed by atoms with van der Waals surface area (Å²) in [6.07, 6.45) is 7.18. The Hall–Kier alpha value is -4.87. The van der Waals surface area contributed by atoms with E-state index in [0.717, 1.165) is 83.3 Å². The van der Waals surface area contributed by atoms with Gasteiger partial charge in [-0.25, -0.2) is 4.98 Å². The average molecular weight is 530 g/mol. The maximum Gasteiger partial charge on any atom is 0.128 e. The summed E-state index contributed by atoms with van der Waals surface area (Å²) >= 11 is 0. The van der Waals surface area contributed by atoms with Crippen LogP contribution in [0.4, 0.5) is 17.2 Å². The monoisotopic (exact) mass is 529 g/mol. The van der Waals surface area contributed by atoms with Crippen LogP contribution in [0.1, 0.15) is 11.1 Å². The summed E-state index contributed by atoms with van der Waals surface area (Å²) < 4.78 is 6.08. The molecule has 8 nitrogen and oxygen atoms in total. The Bertz CT molecular complexity index is 1630. The zero-order valence-corrected chi connectivity index (χ0v) is 22.5. The van der Waals surface area contributed by atoms with Gasteiger partial charge in [0.05, 0.1) is 11.3 Å². The molecule has 0 amide bonds. The minimum atomic E-state index is 0.495. The first-order valence-electron chi connectivity index (χ1n) is 13.5. The molecule has 2 N–H and O–H groups in total. The Kier molecular flexibility index (Phi) is 7.29. The Morgan fingerprint density at radius 2 is 1.85 bits per heavy atom. The maximum absolute atomic E-state index is 9.83. The number of piperazine rings is 1. The Morgan fingerprint density at radius 1 is 1.00 bits per heavy atom. The molecule has 0 aliphatic carbocycles. The van der Waals surface area contributed by atoms with Crippen LogP contribution in [0.25, 0.3) is 22.0 Å². The van der Waals surface area contributed by atoms with Crippen LogP contribution in [0.15, 0.2) is 85.5 Å². The van der Waals surface area contributed by atoms with Gasteiger partial charge in [-0.2, -0.15) is 5.26 Å². The molecule has 5 aromatic rings. The molecule has 1 aliphatic rings. The smallest absolute Gasteiger partial charge is 0.128 e. The molecule has 0 radical (unpaired) electrons. The van der Waals surface area contributed by atoms with Crippen LogP contribution in [-0.2, 0) is 0 Å². The number of fused-ring (bicyclic) bond motifs is 1. The van der Waals surface area contributed by atoms with E-state index in [1.807, 2.05) is 60.9 Å². The van der Waals surface area contributed by atoms with E-state index in [1.165, 1.54) is 0 Å². The third-order valence-electron chi connectivity index (χ3n) is 7.52. The molecule has 1 fully saturated rings. The van der Waals surface area contributed by atoms with Crippen molar-refractivity contribution >= 4 is 28.1 Å². The van der Waals surface area contributed by atoms with E-state index in [9.17, 15) is 5.26 Å². The standard InChI is InChI=1S/C32H31N7O/c1-23-27-11-13-35-30(27)10-9-29(23)37-32-25(20-33)21-34-22-28(32)24-5-7-26(8-6-24)40-19-18-38-14-16-39(17-15-38)31-4-2-3-12-36-31/h2-13,21-22,35H,14-19H2,1H3,(H,34,37). The zero-order valence-electron chi connectivity index (χ0n) is 22.5. The Balaban J connectivity index is 1.10. The highest BCUT2D eigenvalue weighted by atomic mass is 16.5. The molecule has 1 saturated heterocycles. The predicted octanol–water partition coefficient (Wildman–Crippen LogP) is 5.75. The molecule has 2 aromatic carbocycles. The van der Waals surface area contributed by atoms with Crippen LogP contribution < -0.4 is 15.0 Å². The minimum absolute atomic E-state index is 0.495. The lowest BCUT2D eigenvalue weighted by molar-refractivity contribution is 0.200. The fraction of sp³-hybridized carbons (Fsp3) is 0.219. The number of aromatic amines is 1. The molecule has 6 rings (SSSR count). The van der Waals surface area contributed by atoms with E-state index in [4.69, 9.17) is 4.74 Å². The molecule has 0 unspecified atom stereocenters. The Morgan fingerprint density at radius 3 is 2.62 bits per heavy atom. The quantitative estimate of drug-likeness (QED) is 0.264. The molecule has 0 bridgehead atoms. The van der Waals surface area contributed by atoms with Gasteiger partial charge in [-0.05, 0) is 60.5 Å². The van der Waals surface area contributed by atoms with Crippen molar-refractivity contribution in [1.82, 2.24) is 19.9 Å². The van der Waals surface area contributed by atoms with Gasteiger partial charge in [-0.1, -0.05) is 18.2 Å². The molecule has 0 atom stereocenters. The van der Waals surface area contributed by atoms with Crippen LogP contribution in [0.2, 0.25) is 0 Å². The third kappa shape index (κ3) is 5.33. The molecule has 0 spiro atoms. The van der Waals surface area contributed by atoms with E-state index in [-0.39, 0.29) is 0 Å². The third-order valence-corrected chi connectivity index (χ3v) is 7.52. The van der Waals surface area contributed by atoms with Crippen LogP contribution >= 0.6 is 0 Å². The number of benzene rings is 2. The molecule has 40 heavy (non-hydrogen) atoms. The molecule has 8 heteroatoms. The highest BCUT2D eigenvalue weighted by molar-refractivity contribution is 5.91. The van der Waals surface area contributed by atoms with Crippen molar-refractivity contribution in [1.29, 1.82) is 5.26 Å². The number of hydrogen-bond donors (Lipinski definition) is 2. The molecule has 0 saturated carbocycles. The maximum atomic E-state index is 9.83. The highest BCUT2D eigenvalue weighted by Crippen LogP contribution is 2.35. The lowest BCUT2D eigenvalue weighted by Gasteiger charge is -2.35. The first-order chi connectivity index (χ1) is 19.7. The lowest BCUT2D eigenvalue weighted by atomic mass is 10.0. The normalized spacial score (nSPS) is 13.8. The number of H-pyrrole nitrogens is 1. The van der Waals surface area contributed by atoms with Crippen molar-refractivity contribution in [2.45, 2.75) is 6.92 Å². The second-order valence-electron chi connectivity index (χ2n) is 9.91. The predicted molar refractivity (Wildman–Crippen MR) is 159 cm³/mol. The van der Waals surface area contributed by atoms with Gasteiger partial charge >= 0.3 is 0 Å². The average Bonchev–Trinajstić information content (AvgIpc) is 3.50. The SMILES string of the molecule is Cc1c(Nc2c(C#N)cncc2-c2ccc(OCCN3CCN(c4ccccn4)CC3)cc2)ccc2[nH]ccc12.